The molecular formula is C23H26N4O3. The molecule has 0 saturated carbocycles. The number of rotatable bonds is 8. The highest BCUT2D eigenvalue weighted by Crippen LogP contribution is 2.37. The van der Waals surface area contributed by atoms with Crippen molar-refractivity contribution in [3.63, 3.8) is 0 Å². The summed E-state index contributed by atoms with van der Waals surface area (Å²) in [5, 5.41) is 16.3. The molecule has 30 heavy (non-hydrogen) atoms. The molecule has 1 heterocycles. The van der Waals surface area contributed by atoms with Gasteiger partial charge in [0.15, 0.2) is 0 Å². The van der Waals surface area contributed by atoms with Crippen LogP contribution in [0.4, 0.5) is 10.5 Å². The maximum Gasteiger partial charge on any atom is 0.411 e. The summed E-state index contributed by atoms with van der Waals surface area (Å²) in [4.78, 5) is 14.0. The van der Waals surface area contributed by atoms with Crippen molar-refractivity contribution in [3.05, 3.63) is 65.9 Å². The summed E-state index contributed by atoms with van der Waals surface area (Å²) in [6, 6.07) is 16.0. The Labute approximate surface area is 175 Å². The van der Waals surface area contributed by atoms with Crippen molar-refractivity contribution in [2.75, 3.05) is 38.2 Å². The molecule has 4 rings (SSSR count). The molecule has 0 bridgehead atoms. The number of anilines is 1. The predicted octanol–water partition coefficient (Wildman–Crippen LogP) is 3.31. The van der Waals surface area contributed by atoms with Crippen molar-refractivity contribution in [2.45, 2.75) is 13.3 Å². The number of aliphatic hydroxyl groups excluding tert-OH is 1. The number of fused-ring (bicyclic) bond motifs is 3. The Morgan fingerprint density at radius 2 is 1.97 bits per heavy atom. The number of hydrogen-bond acceptors (Lipinski definition) is 5. The topological polar surface area (TPSA) is 79.6 Å². The van der Waals surface area contributed by atoms with Gasteiger partial charge in [-0.15, -0.1) is 0 Å². The summed E-state index contributed by atoms with van der Waals surface area (Å²) in [5.41, 5.74) is 6.50. The maximum atomic E-state index is 12.0. The minimum atomic E-state index is -0.489. The monoisotopic (exact) mass is 406 g/mol. The lowest BCUT2D eigenvalue weighted by atomic mass is 10.1. The van der Waals surface area contributed by atoms with Crippen LogP contribution in [-0.2, 0) is 11.2 Å². The Morgan fingerprint density at radius 3 is 2.73 bits per heavy atom. The number of benzene rings is 2. The third-order valence-electron chi connectivity index (χ3n) is 5.36. The van der Waals surface area contributed by atoms with Crippen LogP contribution >= 0.6 is 0 Å². The summed E-state index contributed by atoms with van der Waals surface area (Å²) in [6.07, 6.45) is 2.34. The SMILES string of the molecule is CCN(CCO)CCOC(=O)Nc1ccc(-n2ncc3c2-c2ccccc2C3)cc1. The van der Waals surface area contributed by atoms with E-state index in [-0.39, 0.29) is 13.2 Å². The second kappa shape index (κ2) is 9.11. The molecular weight excluding hydrogens is 380 g/mol. The van der Waals surface area contributed by atoms with Crippen molar-refractivity contribution in [1.82, 2.24) is 14.7 Å². The van der Waals surface area contributed by atoms with E-state index >= 15 is 0 Å². The Hall–Kier alpha value is -3.16. The average molecular weight is 406 g/mol. The zero-order chi connectivity index (χ0) is 20.9. The summed E-state index contributed by atoms with van der Waals surface area (Å²) in [7, 11) is 0. The molecule has 0 fully saturated rings. The van der Waals surface area contributed by atoms with Gasteiger partial charge in [0.2, 0.25) is 0 Å². The number of aromatic nitrogens is 2. The van der Waals surface area contributed by atoms with Gasteiger partial charge in [-0.25, -0.2) is 9.48 Å². The molecule has 0 spiro atoms. The van der Waals surface area contributed by atoms with Crippen molar-refractivity contribution in [3.8, 4) is 16.9 Å². The van der Waals surface area contributed by atoms with Crippen molar-refractivity contribution in [1.29, 1.82) is 0 Å². The first kappa shape index (κ1) is 20.1. The van der Waals surface area contributed by atoms with Crippen LogP contribution in [0.2, 0.25) is 0 Å². The summed E-state index contributed by atoms with van der Waals surface area (Å²) < 4.78 is 7.18. The van der Waals surface area contributed by atoms with E-state index < -0.39 is 6.09 Å². The van der Waals surface area contributed by atoms with Crippen LogP contribution in [0.1, 0.15) is 18.1 Å². The highest BCUT2D eigenvalue weighted by atomic mass is 16.5. The molecule has 1 amide bonds. The fraction of sp³-hybridized carbons (Fsp3) is 0.304. The molecule has 0 atom stereocenters. The smallest absolute Gasteiger partial charge is 0.411 e. The molecule has 0 radical (unpaired) electrons. The molecule has 0 aliphatic heterocycles. The standard InChI is InChI=1S/C23H26N4O3/c1-2-26(11-13-28)12-14-30-23(29)25-19-7-9-20(10-8-19)27-22-18(16-24-27)15-17-5-3-4-6-21(17)22/h3-10,16,28H,2,11-15H2,1H3,(H,25,29). The quantitative estimate of drug-likeness (QED) is 0.469. The molecule has 2 aromatic carbocycles. The molecule has 156 valence electrons. The van der Waals surface area contributed by atoms with E-state index in [9.17, 15) is 4.79 Å². The van der Waals surface area contributed by atoms with Crippen LogP contribution in [0, 0.1) is 0 Å². The van der Waals surface area contributed by atoms with E-state index in [1.54, 1.807) is 0 Å². The van der Waals surface area contributed by atoms with Gasteiger partial charge in [-0.1, -0.05) is 31.2 Å². The van der Waals surface area contributed by atoms with Gasteiger partial charge in [0.05, 0.1) is 24.2 Å². The van der Waals surface area contributed by atoms with Gasteiger partial charge < -0.3 is 9.84 Å². The zero-order valence-corrected chi connectivity index (χ0v) is 17.0. The number of aliphatic hydroxyl groups is 1. The largest absolute Gasteiger partial charge is 0.448 e. The number of hydrogen-bond donors (Lipinski definition) is 2. The third kappa shape index (κ3) is 4.22. The van der Waals surface area contributed by atoms with E-state index in [2.05, 4.69) is 28.6 Å². The summed E-state index contributed by atoms with van der Waals surface area (Å²) >= 11 is 0. The van der Waals surface area contributed by atoms with Crippen molar-refractivity contribution in [2.24, 2.45) is 0 Å². The number of nitrogens with one attached hydrogen (secondary N) is 1. The minimum Gasteiger partial charge on any atom is -0.448 e. The first-order chi connectivity index (χ1) is 14.7. The van der Waals surface area contributed by atoms with Crippen LogP contribution in [0.25, 0.3) is 16.9 Å². The van der Waals surface area contributed by atoms with Gasteiger partial charge in [-0.3, -0.25) is 10.2 Å². The molecule has 0 saturated heterocycles. The highest BCUT2D eigenvalue weighted by molar-refractivity contribution is 5.84. The molecule has 7 nitrogen and oxygen atoms in total. The van der Waals surface area contributed by atoms with E-state index in [1.165, 1.54) is 16.7 Å². The lowest BCUT2D eigenvalue weighted by Crippen LogP contribution is -2.31. The van der Waals surface area contributed by atoms with Crippen LogP contribution in [0.5, 0.6) is 0 Å². The van der Waals surface area contributed by atoms with E-state index in [0.29, 0.717) is 18.8 Å². The van der Waals surface area contributed by atoms with Gasteiger partial charge in [0.1, 0.15) is 6.61 Å². The lowest BCUT2D eigenvalue weighted by Gasteiger charge is -2.18. The average Bonchev–Trinajstić information content (AvgIpc) is 3.33. The normalized spacial score (nSPS) is 12.0. The molecule has 2 N–H and O–H groups in total. The Balaban J connectivity index is 1.38. The maximum absolute atomic E-state index is 12.0. The van der Waals surface area contributed by atoms with Crippen LogP contribution in [-0.4, -0.2) is 58.7 Å². The Kier molecular flexibility index (Phi) is 6.11. The van der Waals surface area contributed by atoms with E-state index in [0.717, 1.165) is 24.3 Å². The molecule has 1 aliphatic rings. The van der Waals surface area contributed by atoms with Gasteiger partial charge in [-0.2, -0.15) is 5.10 Å². The van der Waals surface area contributed by atoms with E-state index in [1.807, 2.05) is 53.0 Å². The molecule has 3 aromatic rings. The van der Waals surface area contributed by atoms with Crippen molar-refractivity contribution < 1.29 is 14.6 Å². The van der Waals surface area contributed by atoms with Crippen molar-refractivity contribution >= 4 is 11.8 Å². The second-order valence-electron chi connectivity index (χ2n) is 7.23. The number of carbonyl (C=O) groups excluding carboxylic acids is 1. The van der Waals surface area contributed by atoms with Crippen LogP contribution in [0.15, 0.2) is 54.7 Å². The number of nitrogens with zero attached hydrogens (tertiary/aromatic N) is 3. The second-order valence-corrected chi connectivity index (χ2v) is 7.23. The molecule has 1 aromatic heterocycles. The van der Waals surface area contributed by atoms with Gasteiger partial charge in [0, 0.05) is 36.3 Å². The highest BCUT2D eigenvalue weighted by Gasteiger charge is 2.23. The number of amides is 1. The fourth-order valence-electron chi connectivity index (χ4n) is 3.78. The zero-order valence-electron chi connectivity index (χ0n) is 17.0. The number of likely N-dealkylation sites (N-methyl/N-ethyl adjacent to an activating group) is 1. The van der Waals surface area contributed by atoms with Crippen LogP contribution < -0.4 is 5.32 Å². The predicted molar refractivity (Wildman–Crippen MR) is 116 cm³/mol. The number of carbonyl (C=O) groups is 1. The number of ether oxygens (including phenoxy) is 1. The van der Waals surface area contributed by atoms with Gasteiger partial charge in [0.25, 0.3) is 0 Å². The Morgan fingerprint density at radius 1 is 1.17 bits per heavy atom. The molecule has 0 unspecified atom stereocenters. The van der Waals surface area contributed by atoms with Gasteiger partial charge >= 0.3 is 6.09 Å². The summed E-state index contributed by atoms with van der Waals surface area (Å²) in [6.45, 7) is 4.34. The Bertz CT molecular complexity index is 1010. The van der Waals surface area contributed by atoms with Crippen LogP contribution in [0.3, 0.4) is 0 Å². The first-order valence-corrected chi connectivity index (χ1v) is 10.2. The minimum absolute atomic E-state index is 0.0947. The molecule has 7 heteroatoms. The fourth-order valence-corrected chi connectivity index (χ4v) is 3.78. The van der Waals surface area contributed by atoms with Gasteiger partial charge in [-0.05, 0) is 36.4 Å². The third-order valence-corrected chi connectivity index (χ3v) is 5.36. The van der Waals surface area contributed by atoms with E-state index in [4.69, 9.17) is 9.84 Å². The lowest BCUT2D eigenvalue weighted by molar-refractivity contribution is 0.131. The molecule has 1 aliphatic carbocycles. The summed E-state index contributed by atoms with van der Waals surface area (Å²) in [5.74, 6) is 0. The first-order valence-electron chi connectivity index (χ1n) is 10.2.